The van der Waals surface area contributed by atoms with E-state index >= 15 is 0 Å². The van der Waals surface area contributed by atoms with Gasteiger partial charge in [-0.1, -0.05) is 36.4 Å². The maximum absolute atomic E-state index is 12.9. The van der Waals surface area contributed by atoms with Crippen molar-refractivity contribution in [3.63, 3.8) is 0 Å². The molecule has 9 nitrogen and oxygen atoms in total. The predicted octanol–water partition coefficient (Wildman–Crippen LogP) is 3.01. The number of nitrogens with zero attached hydrogens (tertiary/aromatic N) is 1. The largest absolute Gasteiger partial charge is 0.493 e. The van der Waals surface area contributed by atoms with Gasteiger partial charge in [0.2, 0.25) is 11.9 Å². The Kier molecular flexibility index (Phi) is 6.08. The molecule has 0 unspecified atom stereocenters. The molecule has 1 aliphatic heterocycles. The molecule has 0 spiro atoms. The summed E-state index contributed by atoms with van der Waals surface area (Å²) < 4.78 is 15.6. The first-order valence-electron chi connectivity index (χ1n) is 8.72. The van der Waals surface area contributed by atoms with E-state index in [0.717, 1.165) is 6.26 Å². The molecule has 0 aromatic heterocycles. The Hall–Kier alpha value is -3.88. The zero-order valence-electron chi connectivity index (χ0n) is 15.5. The number of amides is 1. The lowest BCUT2D eigenvalue weighted by molar-refractivity contribution is -0.384. The van der Waals surface area contributed by atoms with Crippen LogP contribution < -0.4 is 5.32 Å². The molecule has 1 aliphatic rings. The van der Waals surface area contributed by atoms with Crippen LogP contribution in [0.1, 0.15) is 17.2 Å². The highest BCUT2D eigenvalue weighted by atomic mass is 16.6. The van der Waals surface area contributed by atoms with Crippen LogP contribution in [0.3, 0.4) is 0 Å². The molecule has 1 heterocycles. The van der Waals surface area contributed by atoms with E-state index in [2.05, 4.69) is 5.32 Å². The van der Waals surface area contributed by atoms with Gasteiger partial charge in [-0.05, 0) is 18.6 Å². The Morgan fingerprint density at radius 1 is 1.17 bits per heavy atom. The van der Waals surface area contributed by atoms with Crippen LogP contribution in [0.5, 0.6) is 0 Å². The summed E-state index contributed by atoms with van der Waals surface area (Å²) in [5, 5.41) is 13.8. The summed E-state index contributed by atoms with van der Waals surface area (Å²) in [5.41, 5.74) is 0.801. The van der Waals surface area contributed by atoms with E-state index in [0.29, 0.717) is 17.7 Å². The molecule has 0 saturated heterocycles. The SMILES string of the molecule is Cc1ccc(NC(=O)[C@H](OC(=O)C2=COCCO2)c2ccccc2)c([N+](=O)[O-])c1. The molecular weight excluding hydrogens is 380 g/mol. The van der Waals surface area contributed by atoms with Crippen molar-refractivity contribution in [2.24, 2.45) is 0 Å². The van der Waals surface area contributed by atoms with E-state index in [1.165, 1.54) is 12.1 Å². The third-order valence-electron chi connectivity index (χ3n) is 4.02. The quantitative estimate of drug-likeness (QED) is 0.451. The van der Waals surface area contributed by atoms with Gasteiger partial charge in [0, 0.05) is 11.6 Å². The number of rotatable bonds is 6. The van der Waals surface area contributed by atoms with Crippen molar-refractivity contribution < 1.29 is 28.7 Å². The average molecular weight is 398 g/mol. The number of nitrogens with one attached hydrogen (secondary N) is 1. The molecule has 1 atom stereocenters. The smallest absolute Gasteiger partial charge is 0.378 e. The lowest BCUT2D eigenvalue weighted by atomic mass is 10.1. The van der Waals surface area contributed by atoms with Gasteiger partial charge in [0.05, 0.1) is 4.92 Å². The summed E-state index contributed by atoms with van der Waals surface area (Å²) in [6.45, 7) is 2.18. The molecular formula is C20H18N2O7. The zero-order valence-corrected chi connectivity index (χ0v) is 15.5. The fourth-order valence-corrected chi connectivity index (χ4v) is 2.64. The van der Waals surface area contributed by atoms with Gasteiger partial charge in [-0.2, -0.15) is 0 Å². The van der Waals surface area contributed by atoms with Gasteiger partial charge in [0.15, 0.2) is 0 Å². The number of hydrogen-bond donors (Lipinski definition) is 1. The lowest BCUT2D eigenvalue weighted by Gasteiger charge is -2.20. The van der Waals surface area contributed by atoms with Gasteiger partial charge in [-0.25, -0.2) is 4.79 Å². The van der Waals surface area contributed by atoms with Crippen molar-refractivity contribution in [3.05, 3.63) is 81.8 Å². The molecule has 29 heavy (non-hydrogen) atoms. The highest BCUT2D eigenvalue weighted by Crippen LogP contribution is 2.28. The maximum atomic E-state index is 12.9. The predicted molar refractivity (Wildman–Crippen MR) is 102 cm³/mol. The molecule has 1 amide bonds. The minimum Gasteiger partial charge on any atom is -0.493 e. The second kappa shape index (κ2) is 8.87. The second-order valence-corrected chi connectivity index (χ2v) is 6.16. The number of nitro groups is 1. The monoisotopic (exact) mass is 398 g/mol. The number of nitro benzene ring substituents is 1. The first-order chi connectivity index (χ1) is 14.0. The van der Waals surface area contributed by atoms with Gasteiger partial charge < -0.3 is 19.5 Å². The third kappa shape index (κ3) is 4.89. The molecule has 150 valence electrons. The molecule has 0 fully saturated rings. The number of esters is 1. The molecule has 0 saturated carbocycles. The van der Waals surface area contributed by atoms with Crippen molar-refractivity contribution >= 4 is 23.3 Å². The first-order valence-corrected chi connectivity index (χ1v) is 8.72. The number of benzene rings is 2. The van der Waals surface area contributed by atoms with Gasteiger partial charge >= 0.3 is 5.97 Å². The number of aryl methyl sites for hydroxylation is 1. The maximum Gasteiger partial charge on any atom is 0.378 e. The highest BCUT2D eigenvalue weighted by molar-refractivity contribution is 5.98. The van der Waals surface area contributed by atoms with Crippen molar-refractivity contribution in [1.29, 1.82) is 0 Å². The van der Waals surface area contributed by atoms with Gasteiger partial charge in [-0.15, -0.1) is 0 Å². The Morgan fingerprint density at radius 2 is 1.93 bits per heavy atom. The third-order valence-corrected chi connectivity index (χ3v) is 4.02. The van der Waals surface area contributed by atoms with E-state index in [-0.39, 0.29) is 23.7 Å². The molecule has 3 rings (SSSR count). The average Bonchev–Trinajstić information content (AvgIpc) is 2.74. The lowest BCUT2D eigenvalue weighted by Crippen LogP contribution is -2.28. The zero-order chi connectivity index (χ0) is 20.8. The number of carbonyl (C=O) groups is 2. The summed E-state index contributed by atoms with van der Waals surface area (Å²) in [5.74, 6) is -1.78. The van der Waals surface area contributed by atoms with E-state index in [1.54, 1.807) is 43.3 Å². The number of ether oxygens (including phenoxy) is 3. The van der Waals surface area contributed by atoms with E-state index in [1.807, 2.05) is 0 Å². The van der Waals surface area contributed by atoms with Crippen LogP contribution in [0, 0.1) is 17.0 Å². The van der Waals surface area contributed by atoms with Crippen LogP contribution >= 0.6 is 0 Å². The van der Waals surface area contributed by atoms with Crippen molar-refractivity contribution in [2.75, 3.05) is 18.5 Å². The topological polar surface area (TPSA) is 117 Å². The van der Waals surface area contributed by atoms with Gasteiger partial charge in [0.25, 0.3) is 11.6 Å². The molecule has 2 aromatic carbocycles. The van der Waals surface area contributed by atoms with Crippen LogP contribution in [0.15, 0.2) is 60.6 Å². The minimum atomic E-state index is -1.35. The highest BCUT2D eigenvalue weighted by Gasteiger charge is 2.29. The van der Waals surface area contributed by atoms with Crippen molar-refractivity contribution in [1.82, 2.24) is 0 Å². The molecule has 1 N–H and O–H groups in total. The van der Waals surface area contributed by atoms with Crippen molar-refractivity contribution in [3.8, 4) is 0 Å². The first kappa shape index (κ1) is 19.9. The second-order valence-electron chi connectivity index (χ2n) is 6.16. The van der Waals surface area contributed by atoms with Crippen molar-refractivity contribution in [2.45, 2.75) is 13.0 Å². The number of hydrogen-bond acceptors (Lipinski definition) is 7. The molecule has 0 radical (unpaired) electrons. The Balaban J connectivity index is 1.86. The Morgan fingerprint density at radius 3 is 2.59 bits per heavy atom. The van der Waals surface area contributed by atoms with E-state index in [4.69, 9.17) is 14.2 Å². The Bertz CT molecular complexity index is 957. The summed E-state index contributed by atoms with van der Waals surface area (Å²) in [7, 11) is 0. The Labute approximate surface area is 166 Å². The fourth-order valence-electron chi connectivity index (χ4n) is 2.64. The molecule has 9 heteroatoms. The summed E-state index contributed by atoms with van der Waals surface area (Å²) in [4.78, 5) is 36.0. The summed E-state index contributed by atoms with van der Waals surface area (Å²) >= 11 is 0. The van der Waals surface area contributed by atoms with E-state index in [9.17, 15) is 19.7 Å². The standard InChI is InChI=1S/C20H18N2O7/c1-13-7-8-15(16(11-13)22(25)26)21-19(23)18(14-5-3-2-4-6-14)29-20(24)17-12-27-9-10-28-17/h2-8,11-12,18H,9-10H2,1H3,(H,21,23)/t18-/m1/s1. The van der Waals surface area contributed by atoms with E-state index < -0.39 is 22.9 Å². The number of carbonyl (C=O) groups excluding carboxylic acids is 2. The van der Waals surface area contributed by atoms with Gasteiger partial charge in [-0.3, -0.25) is 14.9 Å². The molecule has 2 aromatic rings. The normalized spacial score (nSPS) is 13.9. The molecule has 0 aliphatic carbocycles. The van der Waals surface area contributed by atoms with Crippen LogP contribution in [-0.2, 0) is 23.8 Å². The van der Waals surface area contributed by atoms with Crippen LogP contribution in [0.2, 0.25) is 0 Å². The minimum absolute atomic E-state index is 0.000884. The van der Waals surface area contributed by atoms with Crippen LogP contribution in [-0.4, -0.2) is 30.0 Å². The summed E-state index contributed by atoms with van der Waals surface area (Å²) in [6.07, 6.45) is -0.229. The van der Waals surface area contributed by atoms with Gasteiger partial charge in [0.1, 0.15) is 25.2 Å². The fraction of sp³-hybridized carbons (Fsp3) is 0.200. The van der Waals surface area contributed by atoms with Crippen LogP contribution in [0.4, 0.5) is 11.4 Å². The summed E-state index contributed by atoms with van der Waals surface area (Å²) in [6, 6.07) is 12.7. The number of anilines is 1. The van der Waals surface area contributed by atoms with Crippen LogP contribution in [0.25, 0.3) is 0 Å². The molecule has 0 bridgehead atoms.